The van der Waals surface area contributed by atoms with Crippen LogP contribution in [0.15, 0.2) is 24.3 Å². The highest BCUT2D eigenvalue weighted by Gasteiger charge is 2.34. The second-order valence-electron chi connectivity index (χ2n) is 7.46. The number of amides is 2. The summed E-state index contributed by atoms with van der Waals surface area (Å²) in [6.07, 6.45) is 2.26. The Balaban J connectivity index is 1.75. The lowest BCUT2D eigenvalue weighted by Gasteiger charge is -2.41. The summed E-state index contributed by atoms with van der Waals surface area (Å²) in [7, 11) is 1.42. The molecule has 1 aromatic rings. The third-order valence-corrected chi connectivity index (χ3v) is 5.63. The molecule has 0 saturated carbocycles. The number of ether oxygens (including phenoxy) is 2. The molecule has 2 fully saturated rings. The van der Waals surface area contributed by atoms with Gasteiger partial charge >= 0.3 is 12.0 Å². The summed E-state index contributed by atoms with van der Waals surface area (Å²) < 4.78 is 10.2. The minimum atomic E-state index is -0.208. The minimum Gasteiger partial charge on any atom is -0.469 e. The number of likely N-dealkylation sites (tertiary alicyclic amines) is 1. The Morgan fingerprint density at radius 3 is 2.44 bits per heavy atom. The van der Waals surface area contributed by atoms with Gasteiger partial charge < -0.3 is 19.3 Å². The standard InChI is InChI=1S/C21H30N2O4/c1-3-16-4-6-18(7-5-16)19-12-17(13-20(24)26-2)14-23(15-19)21(25)22-8-10-27-11-9-22/h4-7,17,19H,3,8-15H2,1-2H3. The molecule has 3 rings (SSSR count). The molecule has 1 aromatic carbocycles. The van der Waals surface area contributed by atoms with Gasteiger partial charge in [0.05, 0.1) is 26.7 Å². The van der Waals surface area contributed by atoms with Crippen LogP contribution >= 0.6 is 0 Å². The molecule has 0 aromatic heterocycles. The van der Waals surface area contributed by atoms with Crippen molar-refractivity contribution in [3.63, 3.8) is 0 Å². The van der Waals surface area contributed by atoms with Crippen molar-refractivity contribution in [1.82, 2.24) is 9.80 Å². The Labute approximate surface area is 161 Å². The SMILES string of the molecule is CCc1ccc(C2CC(CC(=O)OC)CN(C(=O)N3CCOCC3)C2)cc1. The number of morpholine rings is 1. The maximum absolute atomic E-state index is 13.0. The van der Waals surface area contributed by atoms with Gasteiger partial charge in [0.15, 0.2) is 0 Å². The molecule has 0 radical (unpaired) electrons. The first-order valence-electron chi connectivity index (χ1n) is 9.88. The third kappa shape index (κ3) is 5.01. The van der Waals surface area contributed by atoms with Crippen LogP contribution in [0.25, 0.3) is 0 Å². The predicted octanol–water partition coefficient (Wildman–Crippen LogP) is 2.67. The van der Waals surface area contributed by atoms with E-state index in [9.17, 15) is 9.59 Å². The molecular weight excluding hydrogens is 344 g/mol. The van der Waals surface area contributed by atoms with Crippen LogP contribution in [0.3, 0.4) is 0 Å². The van der Waals surface area contributed by atoms with Crippen molar-refractivity contribution < 1.29 is 19.1 Å². The highest BCUT2D eigenvalue weighted by molar-refractivity contribution is 5.75. The summed E-state index contributed by atoms with van der Waals surface area (Å²) >= 11 is 0. The van der Waals surface area contributed by atoms with E-state index in [1.807, 2.05) is 9.80 Å². The Morgan fingerprint density at radius 1 is 1.11 bits per heavy atom. The number of hydrogen-bond donors (Lipinski definition) is 0. The topological polar surface area (TPSA) is 59.1 Å². The minimum absolute atomic E-state index is 0.0584. The largest absolute Gasteiger partial charge is 0.469 e. The highest BCUT2D eigenvalue weighted by atomic mass is 16.5. The summed E-state index contributed by atoms with van der Waals surface area (Å²) in [6, 6.07) is 8.71. The van der Waals surface area contributed by atoms with E-state index >= 15 is 0 Å². The van der Waals surface area contributed by atoms with Crippen molar-refractivity contribution in [1.29, 1.82) is 0 Å². The quantitative estimate of drug-likeness (QED) is 0.761. The number of aryl methyl sites for hydroxylation is 1. The molecule has 2 heterocycles. The van der Waals surface area contributed by atoms with E-state index in [0.29, 0.717) is 45.8 Å². The smallest absolute Gasteiger partial charge is 0.320 e. The van der Waals surface area contributed by atoms with Crippen LogP contribution in [0.1, 0.15) is 36.8 Å². The Morgan fingerprint density at radius 2 is 1.81 bits per heavy atom. The fourth-order valence-electron chi connectivity index (χ4n) is 4.05. The van der Waals surface area contributed by atoms with Crippen LogP contribution in [0.5, 0.6) is 0 Å². The lowest BCUT2D eigenvalue weighted by Crippen LogP contribution is -2.52. The second-order valence-corrected chi connectivity index (χ2v) is 7.46. The van der Waals surface area contributed by atoms with Gasteiger partial charge in [-0.05, 0) is 29.9 Å². The lowest BCUT2D eigenvalue weighted by molar-refractivity contribution is -0.142. The van der Waals surface area contributed by atoms with Gasteiger partial charge in [0.2, 0.25) is 0 Å². The van der Waals surface area contributed by atoms with Crippen molar-refractivity contribution in [3.05, 3.63) is 35.4 Å². The zero-order valence-corrected chi connectivity index (χ0v) is 16.4. The molecule has 0 bridgehead atoms. The first-order chi connectivity index (χ1) is 13.1. The molecule has 2 aliphatic heterocycles. The second kappa shape index (κ2) is 9.22. The van der Waals surface area contributed by atoms with E-state index in [1.54, 1.807) is 0 Å². The summed E-state index contributed by atoms with van der Waals surface area (Å²) in [4.78, 5) is 28.6. The number of rotatable bonds is 4. The number of carbonyl (C=O) groups is 2. The number of urea groups is 1. The van der Waals surface area contributed by atoms with Crippen molar-refractivity contribution in [2.24, 2.45) is 5.92 Å². The van der Waals surface area contributed by atoms with Crippen molar-refractivity contribution in [3.8, 4) is 0 Å². The maximum atomic E-state index is 13.0. The lowest BCUT2D eigenvalue weighted by atomic mass is 9.83. The highest BCUT2D eigenvalue weighted by Crippen LogP contribution is 2.33. The van der Waals surface area contributed by atoms with Crippen molar-refractivity contribution in [2.45, 2.75) is 32.1 Å². The number of nitrogens with zero attached hydrogens (tertiary/aromatic N) is 2. The molecule has 2 unspecified atom stereocenters. The summed E-state index contributed by atoms with van der Waals surface area (Å²) in [5, 5.41) is 0. The van der Waals surface area contributed by atoms with Crippen LogP contribution in [-0.2, 0) is 20.7 Å². The molecule has 6 nitrogen and oxygen atoms in total. The first-order valence-corrected chi connectivity index (χ1v) is 9.88. The number of methoxy groups -OCH3 is 1. The van der Waals surface area contributed by atoms with E-state index in [0.717, 1.165) is 12.8 Å². The van der Waals surface area contributed by atoms with Crippen LogP contribution in [0.2, 0.25) is 0 Å². The van der Waals surface area contributed by atoms with E-state index in [-0.39, 0.29) is 23.8 Å². The van der Waals surface area contributed by atoms with Gasteiger partial charge in [0.25, 0.3) is 0 Å². The van der Waals surface area contributed by atoms with Crippen LogP contribution < -0.4 is 0 Å². The monoisotopic (exact) mass is 374 g/mol. The Kier molecular flexibility index (Phi) is 6.72. The molecule has 2 aliphatic rings. The van der Waals surface area contributed by atoms with Gasteiger partial charge in [0.1, 0.15) is 0 Å². The van der Waals surface area contributed by atoms with Crippen LogP contribution in [-0.4, -0.2) is 68.3 Å². The van der Waals surface area contributed by atoms with Gasteiger partial charge in [-0.25, -0.2) is 4.79 Å². The number of piperidine rings is 1. The van der Waals surface area contributed by atoms with Gasteiger partial charge in [-0.2, -0.15) is 0 Å². The molecule has 2 saturated heterocycles. The molecule has 148 valence electrons. The van der Waals surface area contributed by atoms with Gasteiger partial charge in [-0.3, -0.25) is 4.79 Å². The zero-order chi connectivity index (χ0) is 19.2. The average Bonchev–Trinajstić information content (AvgIpc) is 2.73. The summed E-state index contributed by atoms with van der Waals surface area (Å²) in [6.45, 7) is 5.89. The van der Waals surface area contributed by atoms with E-state index < -0.39 is 0 Å². The van der Waals surface area contributed by atoms with Crippen LogP contribution in [0.4, 0.5) is 4.79 Å². The van der Waals surface area contributed by atoms with E-state index in [2.05, 4.69) is 31.2 Å². The Bertz CT molecular complexity index is 640. The average molecular weight is 374 g/mol. The van der Waals surface area contributed by atoms with E-state index in [4.69, 9.17) is 9.47 Å². The molecule has 6 heteroatoms. The van der Waals surface area contributed by atoms with Crippen molar-refractivity contribution >= 4 is 12.0 Å². The fraction of sp³-hybridized carbons (Fsp3) is 0.619. The summed E-state index contributed by atoms with van der Waals surface area (Å²) in [5.41, 5.74) is 2.54. The van der Waals surface area contributed by atoms with Crippen LogP contribution in [0, 0.1) is 5.92 Å². The third-order valence-electron chi connectivity index (χ3n) is 5.63. The maximum Gasteiger partial charge on any atom is 0.320 e. The molecular formula is C21H30N2O4. The number of benzene rings is 1. The fourth-order valence-corrected chi connectivity index (χ4v) is 4.05. The zero-order valence-electron chi connectivity index (χ0n) is 16.4. The number of esters is 1. The van der Waals surface area contributed by atoms with Gasteiger partial charge in [0, 0.05) is 32.1 Å². The molecule has 27 heavy (non-hydrogen) atoms. The molecule has 2 atom stereocenters. The van der Waals surface area contributed by atoms with E-state index in [1.165, 1.54) is 18.2 Å². The molecule has 0 aliphatic carbocycles. The van der Waals surface area contributed by atoms with Gasteiger partial charge in [-0.15, -0.1) is 0 Å². The molecule has 2 amide bonds. The summed E-state index contributed by atoms with van der Waals surface area (Å²) in [5.74, 6) is 0.150. The number of hydrogen-bond acceptors (Lipinski definition) is 4. The van der Waals surface area contributed by atoms with Crippen molar-refractivity contribution in [2.75, 3.05) is 46.5 Å². The predicted molar refractivity (Wildman–Crippen MR) is 103 cm³/mol. The molecule has 0 N–H and O–H groups in total. The first kappa shape index (κ1) is 19.7. The molecule has 0 spiro atoms. The Hall–Kier alpha value is -2.08. The number of carbonyl (C=O) groups excluding carboxylic acids is 2. The van der Waals surface area contributed by atoms with Gasteiger partial charge in [-0.1, -0.05) is 31.2 Å². The normalized spacial score (nSPS) is 23.2.